The minimum atomic E-state index is -0.387. The highest BCUT2D eigenvalue weighted by Gasteiger charge is 2.24. The summed E-state index contributed by atoms with van der Waals surface area (Å²) < 4.78 is 18.4. The second kappa shape index (κ2) is 8.57. The number of benzene rings is 1. The third-order valence-corrected chi connectivity index (χ3v) is 4.34. The van der Waals surface area contributed by atoms with Crippen molar-refractivity contribution < 1.29 is 14.1 Å². The van der Waals surface area contributed by atoms with E-state index in [4.69, 9.17) is 4.74 Å². The minimum Gasteiger partial charge on any atom is -0.494 e. The number of nitrogens with zero attached hydrogens (tertiary/aromatic N) is 4. The molecule has 1 aromatic heterocycles. The van der Waals surface area contributed by atoms with E-state index >= 15 is 0 Å². The van der Waals surface area contributed by atoms with Gasteiger partial charge in [0.2, 0.25) is 5.82 Å². The third kappa shape index (κ3) is 4.66. The molecule has 1 aliphatic heterocycles. The number of anilines is 1. The molecule has 0 bridgehead atoms. The lowest BCUT2D eigenvalue weighted by Gasteiger charge is -2.35. The molecule has 1 saturated heterocycles. The molecule has 138 valence electrons. The first kappa shape index (κ1) is 18.1. The van der Waals surface area contributed by atoms with Crippen molar-refractivity contribution in [2.45, 2.75) is 6.42 Å². The molecule has 1 fully saturated rings. The summed E-state index contributed by atoms with van der Waals surface area (Å²) in [5.74, 6) is 0.832. The Kier molecular flexibility index (Phi) is 5.96. The number of piperazine rings is 1. The molecule has 0 amide bonds. The molecule has 0 aliphatic carbocycles. The first-order chi connectivity index (χ1) is 12.6. The Morgan fingerprint density at radius 3 is 2.58 bits per heavy atom. The Morgan fingerprint density at radius 1 is 1.15 bits per heavy atom. The van der Waals surface area contributed by atoms with Gasteiger partial charge in [0.05, 0.1) is 11.5 Å². The largest absolute Gasteiger partial charge is 0.494 e. The van der Waals surface area contributed by atoms with Gasteiger partial charge in [-0.25, -0.2) is 9.37 Å². The van der Waals surface area contributed by atoms with E-state index in [1.54, 1.807) is 24.4 Å². The maximum Gasteiger partial charge on any atom is 0.311 e. The van der Waals surface area contributed by atoms with Crippen molar-refractivity contribution in [3.63, 3.8) is 0 Å². The normalized spacial score (nSPS) is 15.0. The summed E-state index contributed by atoms with van der Waals surface area (Å²) >= 11 is 0. The molecule has 8 heteroatoms. The topological polar surface area (TPSA) is 71.7 Å². The number of halogens is 1. The SMILES string of the molecule is O=[N+]([O-])c1cccnc1N1CCN(CCCOc2ccc(F)cc2)CC1. The van der Waals surface area contributed by atoms with Crippen molar-refractivity contribution in [1.82, 2.24) is 9.88 Å². The van der Waals surface area contributed by atoms with Crippen LogP contribution in [-0.2, 0) is 0 Å². The molecular formula is C18H21FN4O3. The predicted octanol–water partition coefficient (Wildman–Crippen LogP) is 2.72. The van der Waals surface area contributed by atoms with E-state index in [2.05, 4.69) is 9.88 Å². The van der Waals surface area contributed by atoms with Gasteiger partial charge >= 0.3 is 5.69 Å². The average Bonchev–Trinajstić information content (AvgIpc) is 2.67. The zero-order valence-electron chi connectivity index (χ0n) is 14.4. The van der Waals surface area contributed by atoms with E-state index in [9.17, 15) is 14.5 Å². The molecule has 26 heavy (non-hydrogen) atoms. The van der Waals surface area contributed by atoms with Gasteiger partial charge in [-0.05, 0) is 36.8 Å². The predicted molar refractivity (Wildman–Crippen MR) is 96.1 cm³/mol. The summed E-state index contributed by atoms with van der Waals surface area (Å²) in [6, 6.07) is 9.07. The summed E-state index contributed by atoms with van der Waals surface area (Å²) in [5, 5.41) is 11.1. The highest BCUT2D eigenvalue weighted by molar-refractivity contribution is 5.57. The van der Waals surface area contributed by atoms with E-state index in [-0.39, 0.29) is 16.4 Å². The van der Waals surface area contributed by atoms with Crippen LogP contribution in [-0.4, -0.2) is 54.1 Å². The number of rotatable bonds is 7. The first-order valence-electron chi connectivity index (χ1n) is 8.58. The van der Waals surface area contributed by atoms with Crippen LogP contribution in [0.1, 0.15) is 6.42 Å². The summed E-state index contributed by atoms with van der Waals surface area (Å²) in [7, 11) is 0. The van der Waals surface area contributed by atoms with Gasteiger partial charge in [-0.3, -0.25) is 15.0 Å². The fourth-order valence-electron chi connectivity index (χ4n) is 2.97. The quantitative estimate of drug-likeness (QED) is 0.429. The standard InChI is InChI=1S/C18H21FN4O3/c19-15-4-6-16(7-5-15)26-14-2-9-21-10-12-22(13-11-21)18-17(23(24)25)3-1-8-20-18/h1,3-8H,2,9-14H2. The Hall–Kier alpha value is -2.74. The number of aromatic nitrogens is 1. The third-order valence-electron chi connectivity index (χ3n) is 4.34. The van der Waals surface area contributed by atoms with Crippen molar-refractivity contribution >= 4 is 11.5 Å². The van der Waals surface area contributed by atoms with E-state index < -0.39 is 0 Å². The smallest absolute Gasteiger partial charge is 0.311 e. The van der Waals surface area contributed by atoms with Gasteiger partial charge in [-0.1, -0.05) is 0 Å². The molecular weight excluding hydrogens is 339 g/mol. The molecule has 0 radical (unpaired) electrons. The van der Waals surface area contributed by atoms with Crippen LogP contribution >= 0.6 is 0 Å². The van der Waals surface area contributed by atoms with E-state index in [0.717, 1.165) is 26.1 Å². The Morgan fingerprint density at radius 2 is 1.88 bits per heavy atom. The number of pyridine rings is 1. The molecule has 3 rings (SSSR count). The molecule has 2 heterocycles. The second-order valence-corrected chi connectivity index (χ2v) is 6.09. The lowest BCUT2D eigenvalue weighted by molar-refractivity contribution is -0.384. The maximum absolute atomic E-state index is 12.8. The molecule has 0 unspecified atom stereocenters. The number of nitro groups is 1. The zero-order chi connectivity index (χ0) is 18.4. The van der Waals surface area contributed by atoms with Crippen molar-refractivity contribution in [1.29, 1.82) is 0 Å². The van der Waals surface area contributed by atoms with Crippen LogP contribution in [0.5, 0.6) is 5.75 Å². The molecule has 7 nitrogen and oxygen atoms in total. The monoisotopic (exact) mass is 360 g/mol. The zero-order valence-corrected chi connectivity index (χ0v) is 14.4. The minimum absolute atomic E-state index is 0.0497. The Bertz CT molecular complexity index is 733. The summed E-state index contributed by atoms with van der Waals surface area (Å²) in [5.41, 5.74) is 0.0497. The fourth-order valence-corrected chi connectivity index (χ4v) is 2.97. The van der Waals surface area contributed by atoms with Gasteiger partial charge < -0.3 is 9.64 Å². The van der Waals surface area contributed by atoms with E-state index in [1.807, 2.05) is 4.90 Å². The molecule has 0 spiro atoms. The Labute approximate surface area is 151 Å². The van der Waals surface area contributed by atoms with Crippen LogP contribution in [0.4, 0.5) is 15.9 Å². The summed E-state index contributed by atoms with van der Waals surface area (Å²) in [6.07, 6.45) is 2.45. The highest BCUT2D eigenvalue weighted by atomic mass is 19.1. The van der Waals surface area contributed by atoms with Gasteiger partial charge in [0.1, 0.15) is 11.6 Å². The van der Waals surface area contributed by atoms with Crippen LogP contribution in [0.25, 0.3) is 0 Å². The van der Waals surface area contributed by atoms with Crippen molar-refractivity contribution in [3.8, 4) is 5.75 Å². The van der Waals surface area contributed by atoms with E-state index in [1.165, 1.54) is 18.2 Å². The lowest BCUT2D eigenvalue weighted by atomic mass is 10.2. The van der Waals surface area contributed by atoms with Crippen molar-refractivity contribution in [2.24, 2.45) is 0 Å². The molecule has 1 aromatic carbocycles. The lowest BCUT2D eigenvalue weighted by Crippen LogP contribution is -2.47. The maximum atomic E-state index is 12.8. The number of hydrogen-bond acceptors (Lipinski definition) is 6. The fraction of sp³-hybridized carbons (Fsp3) is 0.389. The summed E-state index contributed by atoms with van der Waals surface area (Å²) in [6.45, 7) is 4.51. The van der Waals surface area contributed by atoms with Crippen molar-refractivity contribution in [2.75, 3.05) is 44.2 Å². The molecule has 0 atom stereocenters. The second-order valence-electron chi connectivity index (χ2n) is 6.09. The van der Waals surface area contributed by atoms with Crippen LogP contribution in [0.3, 0.4) is 0 Å². The van der Waals surface area contributed by atoms with Crippen LogP contribution in [0.15, 0.2) is 42.6 Å². The molecule has 0 N–H and O–H groups in total. The van der Waals surface area contributed by atoms with Gasteiger partial charge in [-0.2, -0.15) is 0 Å². The number of ether oxygens (including phenoxy) is 1. The van der Waals surface area contributed by atoms with Gasteiger partial charge in [0.15, 0.2) is 0 Å². The molecule has 1 aliphatic rings. The highest BCUT2D eigenvalue weighted by Crippen LogP contribution is 2.25. The first-order valence-corrected chi connectivity index (χ1v) is 8.58. The van der Waals surface area contributed by atoms with E-state index in [0.29, 0.717) is 31.3 Å². The summed E-state index contributed by atoms with van der Waals surface area (Å²) in [4.78, 5) is 19.2. The number of hydrogen-bond donors (Lipinski definition) is 0. The van der Waals surface area contributed by atoms with Crippen LogP contribution in [0.2, 0.25) is 0 Å². The average molecular weight is 360 g/mol. The Balaban J connectivity index is 1.41. The van der Waals surface area contributed by atoms with Gasteiger partial charge in [0.25, 0.3) is 0 Å². The van der Waals surface area contributed by atoms with Gasteiger partial charge in [0, 0.05) is 45.0 Å². The molecule has 0 saturated carbocycles. The van der Waals surface area contributed by atoms with Crippen LogP contribution < -0.4 is 9.64 Å². The van der Waals surface area contributed by atoms with Gasteiger partial charge in [-0.15, -0.1) is 0 Å². The van der Waals surface area contributed by atoms with Crippen molar-refractivity contribution in [3.05, 3.63) is 58.5 Å². The van der Waals surface area contributed by atoms with Crippen LogP contribution in [0, 0.1) is 15.9 Å². The molecule has 2 aromatic rings.